The molecule has 0 fully saturated rings. The summed E-state index contributed by atoms with van der Waals surface area (Å²) in [5.41, 5.74) is 2.31. The third-order valence-electron chi connectivity index (χ3n) is 2.26. The molecule has 0 saturated carbocycles. The van der Waals surface area contributed by atoms with Crippen LogP contribution < -0.4 is 0 Å². The normalized spacial score (nSPS) is 12.5. The van der Waals surface area contributed by atoms with Gasteiger partial charge in [-0.3, -0.25) is 4.79 Å². The topological polar surface area (TPSA) is 17.1 Å². The lowest BCUT2D eigenvalue weighted by molar-refractivity contribution is -0.109. The van der Waals surface area contributed by atoms with Crippen LogP contribution in [0.15, 0.2) is 18.2 Å². The van der Waals surface area contributed by atoms with Crippen LogP contribution in [0.2, 0.25) is 5.02 Å². The average Bonchev–Trinajstić information content (AvgIpc) is 2.17. The Kier molecular flexibility index (Phi) is 4.68. The SMILES string of the molecule is CCc1cc(C(C)SC(C)=O)ccc1Cl. The summed E-state index contributed by atoms with van der Waals surface area (Å²) in [6.45, 7) is 5.71. The van der Waals surface area contributed by atoms with Gasteiger partial charge in [-0.15, -0.1) is 0 Å². The number of hydrogen-bond donors (Lipinski definition) is 0. The van der Waals surface area contributed by atoms with Gasteiger partial charge in [-0.25, -0.2) is 0 Å². The molecule has 1 unspecified atom stereocenters. The van der Waals surface area contributed by atoms with Gasteiger partial charge in [0, 0.05) is 17.2 Å². The number of carbonyl (C=O) groups excluding carboxylic acids is 1. The molecule has 1 rings (SSSR count). The molecule has 0 aliphatic heterocycles. The molecular formula is C12H15ClOS. The smallest absolute Gasteiger partial charge is 0.186 e. The van der Waals surface area contributed by atoms with E-state index in [0.717, 1.165) is 22.6 Å². The summed E-state index contributed by atoms with van der Waals surface area (Å²) in [5.74, 6) is 0. The Balaban J connectivity index is 2.90. The minimum absolute atomic E-state index is 0.149. The maximum Gasteiger partial charge on any atom is 0.186 e. The Hall–Kier alpha value is -0.470. The minimum Gasteiger partial charge on any atom is -0.288 e. The molecule has 0 radical (unpaired) electrons. The molecule has 0 bridgehead atoms. The Morgan fingerprint density at radius 1 is 1.53 bits per heavy atom. The van der Waals surface area contributed by atoms with Gasteiger partial charge in [-0.05, 0) is 30.5 Å². The summed E-state index contributed by atoms with van der Waals surface area (Å²) < 4.78 is 0. The molecule has 0 aliphatic rings. The molecule has 0 aliphatic carbocycles. The molecule has 0 heterocycles. The molecule has 1 atom stereocenters. The van der Waals surface area contributed by atoms with Crippen molar-refractivity contribution in [1.82, 2.24) is 0 Å². The standard InChI is InChI=1S/C12H15ClOS/c1-4-10-7-11(5-6-12(10)13)8(2)15-9(3)14/h5-8H,4H2,1-3H3. The first-order chi connectivity index (χ1) is 7.04. The van der Waals surface area contributed by atoms with Crippen molar-refractivity contribution >= 4 is 28.5 Å². The highest BCUT2D eigenvalue weighted by Crippen LogP contribution is 2.31. The van der Waals surface area contributed by atoms with Crippen molar-refractivity contribution in [3.05, 3.63) is 34.3 Å². The van der Waals surface area contributed by atoms with Gasteiger partial charge in [0.25, 0.3) is 0 Å². The van der Waals surface area contributed by atoms with E-state index in [1.54, 1.807) is 6.92 Å². The van der Waals surface area contributed by atoms with Crippen molar-refractivity contribution in [2.24, 2.45) is 0 Å². The number of carbonyl (C=O) groups is 1. The van der Waals surface area contributed by atoms with Crippen molar-refractivity contribution in [2.75, 3.05) is 0 Å². The lowest BCUT2D eigenvalue weighted by Crippen LogP contribution is -1.94. The number of rotatable bonds is 3. The monoisotopic (exact) mass is 242 g/mol. The van der Waals surface area contributed by atoms with Crippen LogP contribution >= 0.6 is 23.4 Å². The molecular weight excluding hydrogens is 228 g/mol. The highest BCUT2D eigenvalue weighted by Gasteiger charge is 2.10. The van der Waals surface area contributed by atoms with E-state index in [-0.39, 0.29) is 10.4 Å². The van der Waals surface area contributed by atoms with Crippen LogP contribution in [0.3, 0.4) is 0 Å². The first-order valence-corrected chi connectivity index (χ1v) is 6.26. The maximum absolute atomic E-state index is 11.0. The van der Waals surface area contributed by atoms with Crippen molar-refractivity contribution in [3.63, 3.8) is 0 Å². The van der Waals surface area contributed by atoms with Gasteiger partial charge in [0.05, 0.1) is 0 Å². The van der Waals surface area contributed by atoms with Crippen molar-refractivity contribution < 1.29 is 4.79 Å². The number of hydrogen-bond acceptors (Lipinski definition) is 2. The largest absolute Gasteiger partial charge is 0.288 e. The first-order valence-electron chi connectivity index (χ1n) is 5.00. The average molecular weight is 243 g/mol. The van der Waals surface area contributed by atoms with Crippen LogP contribution in [-0.4, -0.2) is 5.12 Å². The zero-order chi connectivity index (χ0) is 11.4. The van der Waals surface area contributed by atoms with Crippen LogP contribution in [0.25, 0.3) is 0 Å². The first kappa shape index (κ1) is 12.6. The lowest BCUT2D eigenvalue weighted by Gasteiger charge is -2.11. The van der Waals surface area contributed by atoms with E-state index in [2.05, 4.69) is 13.0 Å². The molecule has 0 amide bonds. The molecule has 1 nitrogen and oxygen atoms in total. The van der Waals surface area contributed by atoms with E-state index in [4.69, 9.17) is 11.6 Å². The van der Waals surface area contributed by atoms with Crippen molar-refractivity contribution in [2.45, 2.75) is 32.4 Å². The second-order valence-corrected chi connectivity index (χ2v) is 5.38. The number of thioether (sulfide) groups is 1. The Bertz CT molecular complexity index is 363. The van der Waals surface area contributed by atoms with E-state index in [1.807, 2.05) is 19.1 Å². The summed E-state index contributed by atoms with van der Waals surface area (Å²) in [5, 5.41) is 1.15. The van der Waals surface area contributed by atoms with Gasteiger partial charge < -0.3 is 0 Å². The Labute approximate surface area is 100 Å². The number of aryl methyl sites for hydroxylation is 1. The van der Waals surface area contributed by atoms with Gasteiger partial charge in [-0.2, -0.15) is 0 Å². The summed E-state index contributed by atoms with van der Waals surface area (Å²) >= 11 is 7.38. The van der Waals surface area contributed by atoms with Gasteiger partial charge in [0.15, 0.2) is 5.12 Å². The molecule has 1 aromatic carbocycles. The summed E-state index contributed by atoms with van der Waals surface area (Å²) in [7, 11) is 0. The van der Waals surface area contributed by atoms with Gasteiger partial charge in [-0.1, -0.05) is 42.4 Å². The van der Waals surface area contributed by atoms with Gasteiger partial charge in [0.1, 0.15) is 0 Å². The van der Waals surface area contributed by atoms with E-state index >= 15 is 0 Å². The minimum atomic E-state index is 0.149. The second kappa shape index (κ2) is 5.57. The van der Waals surface area contributed by atoms with E-state index in [0.29, 0.717) is 0 Å². The fourth-order valence-corrected chi connectivity index (χ4v) is 2.47. The summed E-state index contributed by atoms with van der Waals surface area (Å²) in [6.07, 6.45) is 0.921. The molecule has 1 aromatic rings. The molecule has 3 heteroatoms. The molecule has 0 saturated heterocycles. The fourth-order valence-electron chi connectivity index (χ4n) is 1.44. The predicted octanol–water partition coefficient (Wildman–Crippen LogP) is 4.24. The van der Waals surface area contributed by atoms with E-state index in [9.17, 15) is 4.79 Å². The summed E-state index contributed by atoms with van der Waals surface area (Å²) in [4.78, 5) is 11.0. The van der Waals surface area contributed by atoms with Crippen LogP contribution in [-0.2, 0) is 11.2 Å². The Morgan fingerprint density at radius 2 is 2.20 bits per heavy atom. The van der Waals surface area contributed by atoms with Gasteiger partial charge in [0.2, 0.25) is 0 Å². The van der Waals surface area contributed by atoms with E-state index < -0.39 is 0 Å². The molecule has 0 spiro atoms. The van der Waals surface area contributed by atoms with Crippen LogP contribution in [0.4, 0.5) is 0 Å². The molecule has 0 aromatic heterocycles. The van der Waals surface area contributed by atoms with Gasteiger partial charge >= 0.3 is 0 Å². The highest BCUT2D eigenvalue weighted by atomic mass is 35.5. The number of halogens is 1. The maximum atomic E-state index is 11.0. The summed E-state index contributed by atoms with van der Waals surface area (Å²) in [6, 6.07) is 5.98. The molecule has 0 N–H and O–H groups in total. The third-order valence-corrected chi connectivity index (χ3v) is 3.59. The van der Waals surface area contributed by atoms with E-state index in [1.165, 1.54) is 11.8 Å². The zero-order valence-corrected chi connectivity index (χ0v) is 10.8. The predicted molar refractivity (Wildman–Crippen MR) is 67.5 cm³/mol. The van der Waals surface area contributed by atoms with Crippen LogP contribution in [0.5, 0.6) is 0 Å². The fraction of sp³-hybridized carbons (Fsp3) is 0.417. The zero-order valence-electron chi connectivity index (χ0n) is 9.21. The molecule has 82 valence electrons. The van der Waals surface area contributed by atoms with Crippen molar-refractivity contribution in [3.8, 4) is 0 Å². The number of benzene rings is 1. The highest BCUT2D eigenvalue weighted by molar-refractivity contribution is 8.13. The molecule has 15 heavy (non-hydrogen) atoms. The van der Waals surface area contributed by atoms with Crippen molar-refractivity contribution in [1.29, 1.82) is 0 Å². The van der Waals surface area contributed by atoms with Crippen LogP contribution in [0.1, 0.15) is 37.1 Å². The van der Waals surface area contributed by atoms with Crippen LogP contribution in [0, 0.1) is 0 Å². The lowest BCUT2D eigenvalue weighted by atomic mass is 10.1. The Morgan fingerprint density at radius 3 is 2.73 bits per heavy atom. The quantitative estimate of drug-likeness (QED) is 0.789. The second-order valence-electron chi connectivity index (χ2n) is 3.46. The third kappa shape index (κ3) is 3.54.